The van der Waals surface area contributed by atoms with Crippen LogP contribution in [0.3, 0.4) is 0 Å². The molecule has 0 aliphatic rings. The summed E-state index contributed by atoms with van der Waals surface area (Å²) in [5.41, 5.74) is 0.860. The van der Waals surface area contributed by atoms with Gasteiger partial charge in [0.15, 0.2) is 0 Å². The highest BCUT2D eigenvalue weighted by molar-refractivity contribution is 9.10. The fraction of sp³-hybridized carbons (Fsp3) is 0.0833. The fourth-order valence-electron chi connectivity index (χ4n) is 1.38. The Kier molecular flexibility index (Phi) is 3.57. The number of aryl methyl sites for hydroxylation is 1. The summed E-state index contributed by atoms with van der Waals surface area (Å²) in [6.45, 7) is 1.89. The van der Waals surface area contributed by atoms with E-state index in [0.29, 0.717) is 5.88 Å². The van der Waals surface area contributed by atoms with Gasteiger partial charge in [-0.2, -0.15) is 0 Å². The van der Waals surface area contributed by atoms with Gasteiger partial charge in [-0.1, -0.05) is 12.1 Å². The number of aromatic nitrogens is 1. The van der Waals surface area contributed by atoms with Crippen molar-refractivity contribution in [2.24, 2.45) is 0 Å². The number of hydrogen-bond acceptors (Lipinski definition) is 4. The zero-order chi connectivity index (χ0) is 13.1. The number of nitro benzene ring substituents is 1. The molecule has 2 rings (SSSR count). The van der Waals surface area contributed by atoms with Crippen LogP contribution in [0.25, 0.3) is 0 Å². The normalized spacial score (nSPS) is 10.1. The lowest BCUT2D eigenvalue weighted by Gasteiger charge is -2.06. The summed E-state index contributed by atoms with van der Waals surface area (Å²) < 4.78 is 6.29. The fourth-order valence-corrected chi connectivity index (χ4v) is 1.59. The van der Waals surface area contributed by atoms with Crippen molar-refractivity contribution in [1.82, 2.24) is 4.98 Å². The number of nitro groups is 1. The molecule has 0 aliphatic carbocycles. The highest BCUT2D eigenvalue weighted by atomic mass is 79.9. The van der Waals surface area contributed by atoms with Crippen LogP contribution in [0.4, 0.5) is 5.69 Å². The molecular weight excluding hydrogens is 300 g/mol. The standard InChI is InChI=1S/C12H9BrN2O3/c1-8-6-12(14-7-9(8)13)18-11-5-3-2-4-10(11)15(16)17/h2-7H,1H3. The second-order valence-corrected chi connectivity index (χ2v) is 4.45. The Morgan fingerprint density at radius 1 is 1.39 bits per heavy atom. The van der Waals surface area contributed by atoms with Crippen LogP contribution in [-0.4, -0.2) is 9.91 Å². The Morgan fingerprint density at radius 3 is 2.78 bits per heavy atom. The minimum atomic E-state index is -0.485. The van der Waals surface area contributed by atoms with Crippen LogP contribution < -0.4 is 4.74 Å². The summed E-state index contributed by atoms with van der Waals surface area (Å²) in [4.78, 5) is 14.4. The maximum absolute atomic E-state index is 10.8. The largest absolute Gasteiger partial charge is 0.432 e. The van der Waals surface area contributed by atoms with E-state index in [4.69, 9.17) is 4.74 Å². The minimum absolute atomic E-state index is 0.0835. The van der Waals surface area contributed by atoms with E-state index in [1.165, 1.54) is 12.1 Å². The molecule has 0 aliphatic heterocycles. The summed E-state index contributed by atoms with van der Waals surface area (Å²) in [5.74, 6) is 0.502. The van der Waals surface area contributed by atoms with E-state index in [0.717, 1.165) is 10.0 Å². The van der Waals surface area contributed by atoms with Gasteiger partial charge in [0, 0.05) is 22.8 Å². The molecule has 0 amide bonds. The molecule has 0 N–H and O–H groups in total. The first-order chi connectivity index (χ1) is 8.58. The van der Waals surface area contributed by atoms with Crippen molar-refractivity contribution >= 4 is 21.6 Å². The summed E-state index contributed by atoms with van der Waals surface area (Å²) in [5, 5.41) is 10.8. The molecule has 0 saturated carbocycles. The zero-order valence-corrected chi connectivity index (χ0v) is 11.0. The van der Waals surface area contributed by atoms with E-state index in [1.54, 1.807) is 24.4 Å². The Balaban J connectivity index is 2.34. The molecule has 1 aromatic heterocycles. The molecular formula is C12H9BrN2O3. The highest BCUT2D eigenvalue weighted by Crippen LogP contribution is 2.30. The maximum atomic E-state index is 10.8. The molecule has 2 aromatic rings. The summed E-state index contributed by atoms with van der Waals surface area (Å²) in [6, 6.07) is 7.90. The lowest BCUT2D eigenvalue weighted by atomic mass is 10.3. The molecule has 0 fully saturated rings. The van der Waals surface area contributed by atoms with Crippen LogP contribution in [-0.2, 0) is 0 Å². The second-order valence-electron chi connectivity index (χ2n) is 3.60. The molecule has 5 nitrogen and oxygen atoms in total. The van der Waals surface area contributed by atoms with Gasteiger partial charge in [-0.25, -0.2) is 4.98 Å². The van der Waals surface area contributed by atoms with Crippen LogP contribution in [0.2, 0.25) is 0 Å². The SMILES string of the molecule is Cc1cc(Oc2ccccc2[N+](=O)[O-])ncc1Br. The van der Waals surface area contributed by atoms with E-state index in [1.807, 2.05) is 6.92 Å². The van der Waals surface area contributed by atoms with Crippen LogP contribution >= 0.6 is 15.9 Å². The van der Waals surface area contributed by atoms with Crippen LogP contribution in [0.5, 0.6) is 11.6 Å². The molecule has 1 aromatic carbocycles. The third-order valence-electron chi connectivity index (χ3n) is 2.30. The molecule has 0 saturated heterocycles. The monoisotopic (exact) mass is 308 g/mol. The Bertz CT molecular complexity index is 602. The van der Waals surface area contributed by atoms with Gasteiger partial charge in [0.2, 0.25) is 11.6 Å². The zero-order valence-electron chi connectivity index (χ0n) is 9.46. The lowest BCUT2D eigenvalue weighted by Crippen LogP contribution is -1.94. The molecule has 92 valence electrons. The van der Waals surface area contributed by atoms with Gasteiger partial charge in [-0.3, -0.25) is 10.1 Å². The predicted octanol–water partition coefficient (Wildman–Crippen LogP) is 3.85. The maximum Gasteiger partial charge on any atom is 0.311 e. The average Bonchev–Trinajstić information content (AvgIpc) is 2.34. The van der Waals surface area contributed by atoms with Crippen molar-refractivity contribution in [3.63, 3.8) is 0 Å². The first kappa shape index (κ1) is 12.5. The molecule has 6 heteroatoms. The summed E-state index contributed by atoms with van der Waals surface area (Å²) >= 11 is 3.33. The number of pyridine rings is 1. The predicted molar refractivity (Wildman–Crippen MR) is 69.8 cm³/mol. The van der Waals surface area contributed by atoms with Crippen molar-refractivity contribution < 1.29 is 9.66 Å². The van der Waals surface area contributed by atoms with E-state index in [-0.39, 0.29) is 11.4 Å². The Labute approximate surface area is 112 Å². The summed E-state index contributed by atoms with van der Waals surface area (Å²) in [7, 11) is 0. The Hall–Kier alpha value is -1.95. The van der Waals surface area contributed by atoms with E-state index in [2.05, 4.69) is 20.9 Å². The minimum Gasteiger partial charge on any atom is -0.432 e. The quantitative estimate of drug-likeness (QED) is 0.638. The van der Waals surface area contributed by atoms with Crippen LogP contribution in [0, 0.1) is 17.0 Å². The van der Waals surface area contributed by atoms with Gasteiger partial charge in [-0.15, -0.1) is 0 Å². The van der Waals surface area contributed by atoms with Gasteiger partial charge in [-0.05, 0) is 34.5 Å². The van der Waals surface area contributed by atoms with Crippen molar-refractivity contribution in [3.8, 4) is 11.6 Å². The lowest BCUT2D eigenvalue weighted by molar-refractivity contribution is -0.385. The summed E-state index contributed by atoms with van der Waals surface area (Å²) in [6.07, 6.45) is 1.60. The van der Waals surface area contributed by atoms with Gasteiger partial charge in [0.05, 0.1) is 4.92 Å². The van der Waals surface area contributed by atoms with E-state index in [9.17, 15) is 10.1 Å². The van der Waals surface area contributed by atoms with Crippen molar-refractivity contribution in [2.75, 3.05) is 0 Å². The number of hydrogen-bond donors (Lipinski definition) is 0. The molecule has 0 radical (unpaired) electrons. The van der Waals surface area contributed by atoms with Gasteiger partial charge in [0.25, 0.3) is 0 Å². The highest BCUT2D eigenvalue weighted by Gasteiger charge is 2.15. The topological polar surface area (TPSA) is 65.3 Å². The molecule has 0 atom stereocenters. The number of nitrogens with zero attached hydrogens (tertiary/aromatic N) is 2. The van der Waals surface area contributed by atoms with Crippen molar-refractivity contribution in [1.29, 1.82) is 0 Å². The number of halogens is 1. The molecule has 0 spiro atoms. The molecule has 0 unspecified atom stereocenters. The third kappa shape index (κ3) is 2.65. The first-order valence-corrected chi connectivity index (χ1v) is 5.90. The molecule has 18 heavy (non-hydrogen) atoms. The second kappa shape index (κ2) is 5.14. The van der Waals surface area contributed by atoms with E-state index < -0.39 is 4.92 Å². The molecule has 0 bridgehead atoms. The van der Waals surface area contributed by atoms with Crippen LogP contribution in [0.15, 0.2) is 41.0 Å². The number of rotatable bonds is 3. The Morgan fingerprint density at radius 2 is 2.11 bits per heavy atom. The number of para-hydroxylation sites is 2. The van der Waals surface area contributed by atoms with Gasteiger partial charge >= 0.3 is 5.69 Å². The number of benzene rings is 1. The molecule has 1 heterocycles. The van der Waals surface area contributed by atoms with Gasteiger partial charge < -0.3 is 4.74 Å². The van der Waals surface area contributed by atoms with Gasteiger partial charge in [0.1, 0.15) is 0 Å². The number of ether oxygens (including phenoxy) is 1. The van der Waals surface area contributed by atoms with E-state index >= 15 is 0 Å². The average molecular weight is 309 g/mol. The van der Waals surface area contributed by atoms with Crippen molar-refractivity contribution in [2.45, 2.75) is 6.92 Å². The van der Waals surface area contributed by atoms with Crippen LogP contribution in [0.1, 0.15) is 5.56 Å². The third-order valence-corrected chi connectivity index (χ3v) is 3.13. The van der Waals surface area contributed by atoms with Crippen molar-refractivity contribution in [3.05, 3.63) is 56.7 Å². The smallest absolute Gasteiger partial charge is 0.311 e. The first-order valence-electron chi connectivity index (χ1n) is 5.11.